The molecule has 2 rings (SSSR count). The van der Waals surface area contributed by atoms with Crippen LogP contribution in [0.15, 0.2) is 53.3 Å². The fraction of sp³-hybridized carbons (Fsp3) is 0.368. The van der Waals surface area contributed by atoms with E-state index >= 15 is 0 Å². The summed E-state index contributed by atoms with van der Waals surface area (Å²) in [5, 5.41) is 2.93. The lowest BCUT2D eigenvalue weighted by molar-refractivity contribution is -0.121. The number of benzene rings is 1. The number of hydrogen-bond donors (Lipinski definition) is 1. The lowest BCUT2D eigenvalue weighted by Crippen LogP contribution is -2.37. The Morgan fingerprint density at radius 3 is 2.58 bits per heavy atom. The van der Waals surface area contributed by atoms with Gasteiger partial charge in [0, 0.05) is 25.6 Å². The quantitative estimate of drug-likeness (QED) is 0.809. The second kappa shape index (κ2) is 8.91. The van der Waals surface area contributed by atoms with Gasteiger partial charge in [0.25, 0.3) is 5.91 Å². The maximum Gasteiger partial charge on any atom is 0.257 e. The summed E-state index contributed by atoms with van der Waals surface area (Å²) in [5.41, 5.74) is 1.52. The summed E-state index contributed by atoms with van der Waals surface area (Å²) in [5.74, 6) is -0.175. The normalized spacial score (nSPS) is 11.8. The number of carbonyl (C=O) groups excluding carboxylic acids is 2. The summed E-state index contributed by atoms with van der Waals surface area (Å²) in [4.78, 5) is 26.3. The number of nitrogens with zero attached hydrogens (tertiary/aromatic N) is 1. The van der Waals surface area contributed by atoms with Crippen molar-refractivity contribution in [3.05, 3.63) is 60.1 Å². The van der Waals surface area contributed by atoms with Crippen molar-refractivity contribution in [1.82, 2.24) is 10.2 Å². The molecule has 0 unspecified atom stereocenters. The molecule has 1 N–H and O–H groups in total. The van der Waals surface area contributed by atoms with Gasteiger partial charge in [0.05, 0.1) is 11.8 Å². The Morgan fingerprint density at radius 2 is 1.96 bits per heavy atom. The summed E-state index contributed by atoms with van der Waals surface area (Å²) in [6, 6.07) is 11.5. The van der Waals surface area contributed by atoms with Gasteiger partial charge in [-0.3, -0.25) is 9.59 Å². The van der Waals surface area contributed by atoms with E-state index in [1.165, 1.54) is 12.5 Å². The third kappa shape index (κ3) is 5.26. The van der Waals surface area contributed by atoms with Crippen LogP contribution in [0.2, 0.25) is 0 Å². The molecule has 0 saturated carbocycles. The molecule has 1 aromatic carbocycles. The van der Waals surface area contributed by atoms with E-state index in [2.05, 4.69) is 5.32 Å². The van der Waals surface area contributed by atoms with Crippen LogP contribution in [0.25, 0.3) is 0 Å². The maximum absolute atomic E-state index is 12.6. The molecule has 0 aliphatic carbocycles. The zero-order chi connectivity index (χ0) is 17.4. The number of carbonyl (C=O) groups is 2. The number of hydrogen-bond acceptors (Lipinski definition) is 3. The second-order valence-corrected chi connectivity index (χ2v) is 5.85. The van der Waals surface area contributed by atoms with Crippen molar-refractivity contribution >= 4 is 11.8 Å². The van der Waals surface area contributed by atoms with Crippen molar-refractivity contribution in [2.75, 3.05) is 6.54 Å². The van der Waals surface area contributed by atoms with Gasteiger partial charge in [-0.15, -0.1) is 0 Å². The van der Waals surface area contributed by atoms with Gasteiger partial charge < -0.3 is 14.6 Å². The van der Waals surface area contributed by atoms with Gasteiger partial charge >= 0.3 is 0 Å². The third-order valence-corrected chi connectivity index (χ3v) is 3.90. The van der Waals surface area contributed by atoms with E-state index in [0.29, 0.717) is 18.7 Å². The molecule has 0 aliphatic rings. The number of furan rings is 1. The molecule has 1 aromatic heterocycles. The number of amides is 2. The van der Waals surface area contributed by atoms with Crippen LogP contribution in [0.3, 0.4) is 0 Å². The van der Waals surface area contributed by atoms with Gasteiger partial charge in [-0.25, -0.2) is 0 Å². The van der Waals surface area contributed by atoms with Crippen LogP contribution in [0.4, 0.5) is 0 Å². The minimum absolute atomic E-state index is 0.0394. The van der Waals surface area contributed by atoms with Crippen molar-refractivity contribution in [3.8, 4) is 0 Å². The average molecular weight is 328 g/mol. The Kier molecular flexibility index (Phi) is 6.61. The highest BCUT2D eigenvalue weighted by molar-refractivity contribution is 5.94. The Hall–Kier alpha value is -2.56. The molecule has 1 heterocycles. The molecule has 2 amide bonds. The molecule has 0 spiro atoms. The zero-order valence-corrected chi connectivity index (χ0v) is 14.2. The van der Waals surface area contributed by atoms with E-state index in [0.717, 1.165) is 12.0 Å². The lowest BCUT2D eigenvalue weighted by Gasteiger charge is -2.22. The Balaban J connectivity index is 2.02. The van der Waals surface area contributed by atoms with Crippen LogP contribution in [0.1, 0.15) is 42.6 Å². The third-order valence-electron chi connectivity index (χ3n) is 3.90. The molecular weight excluding hydrogens is 304 g/mol. The van der Waals surface area contributed by atoms with E-state index in [9.17, 15) is 9.59 Å². The molecule has 0 saturated heterocycles. The SMILES string of the molecule is CC[C@@H](C)NC(=O)CCN(Cc1ccccc1)C(=O)c1ccoc1. The standard InChI is InChI=1S/C19H24N2O3/c1-3-15(2)20-18(22)9-11-21(13-16-7-5-4-6-8-16)19(23)17-10-12-24-14-17/h4-8,10,12,14-15H,3,9,11,13H2,1-2H3,(H,20,22)/t15-/m1/s1. The first-order chi connectivity index (χ1) is 11.6. The summed E-state index contributed by atoms with van der Waals surface area (Å²) in [7, 11) is 0. The molecule has 5 nitrogen and oxygen atoms in total. The highest BCUT2D eigenvalue weighted by atomic mass is 16.3. The molecule has 24 heavy (non-hydrogen) atoms. The topological polar surface area (TPSA) is 62.6 Å². The van der Waals surface area contributed by atoms with Crippen LogP contribution >= 0.6 is 0 Å². The molecular formula is C19H24N2O3. The first-order valence-corrected chi connectivity index (χ1v) is 8.25. The van der Waals surface area contributed by atoms with Gasteiger partial charge in [0.2, 0.25) is 5.91 Å². The Morgan fingerprint density at radius 1 is 1.21 bits per heavy atom. The van der Waals surface area contributed by atoms with Crippen molar-refractivity contribution in [2.45, 2.75) is 39.3 Å². The van der Waals surface area contributed by atoms with Gasteiger partial charge in [-0.05, 0) is 25.0 Å². The van der Waals surface area contributed by atoms with Crippen molar-refractivity contribution < 1.29 is 14.0 Å². The van der Waals surface area contributed by atoms with Crippen LogP contribution in [-0.4, -0.2) is 29.3 Å². The average Bonchev–Trinajstić information content (AvgIpc) is 3.13. The van der Waals surface area contributed by atoms with Gasteiger partial charge in [0.1, 0.15) is 6.26 Å². The van der Waals surface area contributed by atoms with Gasteiger partial charge in [-0.2, -0.15) is 0 Å². The van der Waals surface area contributed by atoms with Gasteiger partial charge in [0.15, 0.2) is 0 Å². The minimum Gasteiger partial charge on any atom is -0.472 e. The monoisotopic (exact) mass is 328 g/mol. The fourth-order valence-corrected chi connectivity index (χ4v) is 2.31. The molecule has 0 fully saturated rings. The zero-order valence-electron chi connectivity index (χ0n) is 14.2. The minimum atomic E-state index is -0.135. The number of nitrogens with one attached hydrogen (secondary N) is 1. The Bertz CT molecular complexity index is 638. The summed E-state index contributed by atoms with van der Waals surface area (Å²) in [6.07, 6.45) is 4.07. The predicted octanol–water partition coefficient (Wildman–Crippen LogP) is 3.23. The van der Waals surface area contributed by atoms with Crippen molar-refractivity contribution in [1.29, 1.82) is 0 Å². The van der Waals surface area contributed by atoms with Crippen LogP contribution < -0.4 is 5.32 Å². The summed E-state index contributed by atoms with van der Waals surface area (Å²) in [6.45, 7) is 4.81. The Labute approximate surface area is 142 Å². The lowest BCUT2D eigenvalue weighted by atomic mass is 10.2. The van der Waals surface area contributed by atoms with Crippen LogP contribution in [0, 0.1) is 0 Å². The van der Waals surface area contributed by atoms with Gasteiger partial charge in [-0.1, -0.05) is 37.3 Å². The van der Waals surface area contributed by atoms with E-state index in [1.54, 1.807) is 11.0 Å². The highest BCUT2D eigenvalue weighted by Gasteiger charge is 2.18. The van der Waals surface area contributed by atoms with Crippen LogP contribution in [0.5, 0.6) is 0 Å². The largest absolute Gasteiger partial charge is 0.472 e. The predicted molar refractivity (Wildman–Crippen MR) is 92.4 cm³/mol. The molecule has 0 bridgehead atoms. The molecule has 128 valence electrons. The molecule has 5 heteroatoms. The molecule has 0 radical (unpaired) electrons. The fourth-order valence-electron chi connectivity index (χ4n) is 2.31. The summed E-state index contributed by atoms with van der Waals surface area (Å²) >= 11 is 0. The van der Waals surface area contributed by atoms with E-state index in [4.69, 9.17) is 4.42 Å². The molecule has 0 aliphatic heterocycles. The van der Waals surface area contributed by atoms with E-state index in [1.807, 2.05) is 44.2 Å². The summed E-state index contributed by atoms with van der Waals surface area (Å²) < 4.78 is 5.00. The van der Waals surface area contributed by atoms with E-state index in [-0.39, 0.29) is 24.3 Å². The first-order valence-electron chi connectivity index (χ1n) is 8.25. The van der Waals surface area contributed by atoms with Crippen molar-refractivity contribution in [2.24, 2.45) is 0 Å². The van der Waals surface area contributed by atoms with Crippen molar-refractivity contribution in [3.63, 3.8) is 0 Å². The molecule has 2 aromatic rings. The van der Waals surface area contributed by atoms with E-state index < -0.39 is 0 Å². The van der Waals surface area contributed by atoms with Crippen LogP contribution in [-0.2, 0) is 11.3 Å². The number of rotatable bonds is 8. The smallest absolute Gasteiger partial charge is 0.257 e. The first kappa shape index (κ1) is 17.8. The molecule has 1 atom stereocenters. The highest BCUT2D eigenvalue weighted by Crippen LogP contribution is 2.11. The second-order valence-electron chi connectivity index (χ2n) is 5.85. The maximum atomic E-state index is 12.6.